The molecular weight excluding hydrogens is 416 g/mol. The number of piperidine rings is 1. The zero-order valence-electron chi connectivity index (χ0n) is 17.4. The fraction of sp³-hybridized carbons (Fsp3) is 0.318. The van der Waals surface area contributed by atoms with Gasteiger partial charge in [-0.3, -0.25) is 9.59 Å². The molecule has 8 nitrogen and oxygen atoms in total. The van der Waals surface area contributed by atoms with Gasteiger partial charge in [0.1, 0.15) is 0 Å². The van der Waals surface area contributed by atoms with Crippen LogP contribution in [0, 0.1) is 0 Å². The molecule has 162 valence electrons. The molecule has 1 saturated heterocycles. The molecule has 1 amide bonds. The topological polar surface area (TPSA) is 92.6 Å². The molecular formula is C22H24N4O4S. The molecule has 3 aromatic rings. The van der Waals surface area contributed by atoms with Crippen molar-refractivity contribution >= 4 is 26.7 Å². The predicted octanol–water partition coefficient (Wildman–Crippen LogP) is 1.88. The summed E-state index contributed by atoms with van der Waals surface area (Å²) < 4.78 is 26.3. The molecule has 0 spiro atoms. The van der Waals surface area contributed by atoms with Crippen LogP contribution in [0.3, 0.4) is 0 Å². The van der Waals surface area contributed by atoms with Gasteiger partial charge in [0.15, 0.2) is 5.69 Å². The molecule has 0 atom stereocenters. The molecule has 9 heteroatoms. The van der Waals surface area contributed by atoms with Gasteiger partial charge in [-0.25, -0.2) is 12.7 Å². The van der Waals surface area contributed by atoms with Crippen LogP contribution in [-0.4, -0.2) is 65.7 Å². The number of fused-ring (bicyclic) bond motifs is 1. The lowest BCUT2D eigenvalue weighted by Gasteiger charge is -2.35. The van der Waals surface area contributed by atoms with E-state index >= 15 is 0 Å². The highest BCUT2D eigenvalue weighted by atomic mass is 32.2. The molecule has 0 unspecified atom stereocenters. The lowest BCUT2D eigenvalue weighted by Crippen LogP contribution is -2.47. The van der Waals surface area contributed by atoms with Crippen molar-refractivity contribution in [1.29, 1.82) is 0 Å². The lowest BCUT2D eigenvalue weighted by atomic mass is 10.0. The number of nitrogens with zero attached hydrogens (tertiary/aromatic N) is 4. The smallest absolute Gasteiger partial charge is 0.279 e. The van der Waals surface area contributed by atoms with Gasteiger partial charge in [0.2, 0.25) is 10.0 Å². The zero-order chi connectivity index (χ0) is 22.2. The van der Waals surface area contributed by atoms with Gasteiger partial charge in [-0.15, -0.1) is 0 Å². The number of hydrogen-bond donors (Lipinski definition) is 0. The van der Waals surface area contributed by atoms with Crippen LogP contribution in [0.2, 0.25) is 0 Å². The van der Waals surface area contributed by atoms with Gasteiger partial charge in [-0.05, 0) is 31.0 Å². The average Bonchev–Trinajstić information content (AvgIpc) is 2.79. The summed E-state index contributed by atoms with van der Waals surface area (Å²) in [6, 6.07) is 15.8. The minimum atomic E-state index is -3.28. The summed E-state index contributed by atoms with van der Waals surface area (Å²) in [6.07, 6.45) is 2.28. The Kier molecular flexibility index (Phi) is 5.63. The summed E-state index contributed by atoms with van der Waals surface area (Å²) in [7, 11) is -1.71. The first-order valence-corrected chi connectivity index (χ1v) is 11.9. The number of rotatable bonds is 4. The Bertz CT molecular complexity index is 1280. The standard InChI is InChI=1S/C22H24N4O4S/c1-24(31(2,29)30)16-12-14-25(15-13-16)22(28)20-18-10-6-7-11-19(18)21(27)26(23-20)17-8-4-3-5-9-17/h3-11,16H,12-15H2,1-2H3. The fourth-order valence-electron chi connectivity index (χ4n) is 3.94. The number of sulfonamides is 1. The summed E-state index contributed by atoms with van der Waals surface area (Å²) in [5.41, 5.74) is 0.515. The molecule has 0 radical (unpaired) electrons. The Hall–Kier alpha value is -3.04. The number of carbonyl (C=O) groups is 1. The molecule has 1 aliphatic rings. The molecule has 1 aromatic heterocycles. The van der Waals surface area contributed by atoms with E-state index in [1.807, 2.05) is 18.2 Å². The van der Waals surface area contributed by atoms with Gasteiger partial charge in [0.25, 0.3) is 11.5 Å². The van der Waals surface area contributed by atoms with E-state index in [0.29, 0.717) is 42.4 Å². The van der Waals surface area contributed by atoms with Crippen LogP contribution in [0.15, 0.2) is 59.4 Å². The van der Waals surface area contributed by atoms with Gasteiger partial charge >= 0.3 is 0 Å². The number of aromatic nitrogens is 2. The van der Waals surface area contributed by atoms with Gasteiger partial charge in [0.05, 0.1) is 17.3 Å². The first kappa shape index (κ1) is 21.2. The third kappa shape index (κ3) is 4.11. The van der Waals surface area contributed by atoms with E-state index in [1.54, 1.807) is 48.3 Å². The Morgan fingerprint density at radius 2 is 1.58 bits per heavy atom. The van der Waals surface area contributed by atoms with Crippen molar-refractivity contribution in [2.75, 3.05) is 26.4 Å². The third-order valence-corrected chi connectivity index (χ3v) is 7.14. The summed E-state index contributed by atoms with van der Waals surface area (Å²) in [5.74, 6) is -0.263. The molecule has 31 heavy (non-hydrogen) atoms. The molecule has 2 aromatic carbocycles. The zero-order valence-corrected chi connectivity index (χ0v) is 18.2. The van der Waals surface area contributed by atoms with Gasteiger partial charge in [0, 0.05) is 31.6 Å². The number of amides is 1. The van der Waals surface area contributed by atoms with E-state index < -0.39 is 10.0 Å². The van der Waals surface area contributed by atoms with Crippen LogP contribution >= 0.6 is 0 Å². The number of para-hydroxylation sites is 1. The monoisotopic (exact) mass is 440 g/mol. The van der Waals surface area contributed by atoms with Crippen LogP contribution in [0.1, 0.15) is 23.3 Å². The van der Waals surface area contributed by atoms with E-state index in [0.717, 1.165) is 0 Å². The van der Waals surface area contributed by atoms with Crippen LogP contribution < -0.4 is 5.56 Å². The Morgan fingerprint density at radius 1 is 1.00 bits per heavy atom. The summed E-state index contributed by atoms with van der Waals surface area (Å²) in [5, 5.41) is 5.39. The van der Waals surface area contributed by atoms with Crippen LogP contribution in [0.4, 0.5) is 0 Å². The first-order chi connectivity index (χ1) is 14.8. The van der Waals surface area contributed by atoms with Gasteiger partial charge < -0.3 is 4.90 Å². The molecule has 0 bridgehead atoms. The summed E-state index contributed by atoms with van der Waals surface area (Å²) in [4.78, 5) is 28.1. The highest BCUT2D eigenvalue weighted by Crippen LogP contribution is 2.22. The number of likely N-dealkylation sites (tertiary alicyclic amines) is 1. The van der Waals surface area contributed by atoms with E-state index in [9.17, 15) is 18.0 Å². The van der Waals surface area contributed by atoms with Crippen molar-refractivity contribution in [3.63, 3.8) is 0 Å². The number of carbonyl (C=O) groups excluding carboxylic acids is 1. The molecule has 1 fully saturated rings. The summed E-state index contributed by atoms with van der Waals surface area (Å²) >= 11 is 0. The van der Waals surface area contributed by atoms with Crippen LogP contribution in [0.25, 0.3) is 16.5 Å². The predicted molar refractivity (Wildman–Crippen MR) is 119 cm³/mol. The van der Waals surface area contributed by atoms with E-state index in [2.05, 4.69) is 5.10 Å². The molecule has 1 aliphatic heterocycles. The lowest BCUT2D eigenvalue weighted by molar-refractivity contribution is 0.0680. The minimum Gasteiger partial charge on any atom is -0.337 e. The maximum Gasteiger partial charge on any atom is 0.279 e. The van der Waals surface area contributed by atoms with E-state index in [1.165, 1.54) is 15.2 Å². The van der Waals surface area contributed by atoms with E-state index in [-0.39, 0.29) is 23.2 Å². The normalized spacial score (nSPS) is 15.5. The molecule has 0 saturated carbocycles. The Morgan fingerprint density at radius 3 is 2.19 bits per heavy atom. The highest BCUT2D eigenvalue weighted by molar-refractivity contribution is 7.88. The number of benzene rings is 2. The molecule has 0 N–H and O–H groups in total. The average molecular weight is 441 g/mol. The Labute approximate surface area is 180 Å². The quantitative estimate of drug-likeness (QED) is 0.618. The van der Waals surface area contributed by atoms with Crippen molar-refractivity contribution in [3.8, 4) is 5.69 Å². The van der Waals surface area contributed by atoms with Crippen molar-refractivity contribution in [2.24, 2.45) is 0 Å². The third-order valence-electron chi connectivity index (χ3n) is 5.80. The second-order valence-corrected chi connectivity index (χ2v) is 9.79. The number of hydrogen-bond acceptors (Lipinski definition) is 5. The summed E-state index contributed by atoms with van der Waals surface area (Å²) in [6.45, 7) is 0.841. The van der Waals surface area contributed by atoms with Gasteiger partial charge in [-0.2, -0.15) is 9.78 Å². The SMILES string of the molecule is CN(C1CCN(C(=O)c2nn(-c3ccccc3)c(=O)c3ccccc23)CC1)S(C)(=O)=O. The van der Waals surface area contributed by atoms with E-state index in [4.69, 9.17) is 0 Å². The maximum absolute atomic E-state index is 13.4. The van der Waals surface area contributed by atoms with Crippen LogP contribution in [0.5, 0.6) is 0 Å². The second-order valence-electron chi connectivity index (χ2n) is 7.75. The van der Waals surface area contributed by atoms with Crippen molar-refractivity contribution < 1.29 is 13.2 Å². The minimum absolute atomic E-state index is 0.137. The highest BCUT2D eigenvalue weighted by Gasteiger charge is 2.31. The van der Waals surface area contributed by atoms with Crippen molar-refractivity contribution in [2.45, 2.75) is 18.9 Å². The maximum atomic E-state index is 13.4. The molecule has 2 heterocycles. The largest absolute Gasteiger partial charge is 0.337 e. The van der Waals surface area contributed by atoms with Crippen molar-refractivity contribution in [3.05, 3.63) is 70.6 Å². The first-order valence-electron chi connectivity index (χ1n) is 10.1. The van der Waals surface area contributed by atoms with Gasteiger partial charge in [-0.1, -0.05) is 36.4 Å². The fourth-order valence-corrected chi connectivity index (χ4v) is 4.70. The van der Waals surface area contributed by atoms with Crippen LogP contribution in [-0.2, 0) is 10.0 Å². The Balaban J connectivity index is 1.69. The molecule has 0 aliphatic carbocycles. The second kappa shape index (κ2) is 8.24. The molecule has 4 rings (SSSR count). The van der Waals surface area contributed by atoms with Crippen molar-refractivity contribution in [1.82, 2.24) is 19.0 Å².